The molecule has 1 saturated heterocycles. The van der Waals surface area contributed by atoms with Crippen LogP contribution in [0.1, 0.15) is 85.1 Å². The number of hydrogen-bond donors (Lipinski definition) is 3. The largest absolute Gasteiger partial charge is 0.494 e. The first-order valence-corrected chi connectivity index (χ1v) is 17.4. The lowest BCUT2D eigenvalue weighted by molar-refractivity contribution is -0.141. The van der Waals surface area contributed by atoms with E-state index in [1.165, 1.54) is 0 Å². The second kappa shape index (κ2) is 15.0. The molecule has 2 aliphatic heterocycles. The van der Waals surface area contributed by atoms with Crippen LogP contribution in [0.4, 0.5) is 24.8 Å². The molecule has 0 spiro atoms. The fourth-order valence-electron chi connectivity index (χ4n) is 8.46. The summed E-state index contributed by atoms with van der Waals surface area (Å²) in [5.41, 5.74) is 5.61. The minimum atomic E-state index is -4.89. The Hall–Kier alpha value is -3.45. The fraction of sp³-hybridized carbons (Fsp3) is 0.657. The van der Waals surface area contributed by atoms with Crippen LogP contribution in [-0.4, -0.2) is 66.4 Å². The van der Waals surface area contributed by atoms with E-state index in [2.05, 4.69) is 15.3 Å². The number of halogens is 3. The summed E-state index contributed by atoms with van der Waals surface area (Å²) in [6.45, 7) is 2.82. The van der Waals surface area contributed by atoms with E-state index in [0.29, 0.717) is 43.0 Å². The maximum atomic E-state index is 14.6. The van der Waals surface area contributed by atoms with E-state index < -0.39 is 29.3 Å². The van der Waals surface area contributed by atoms with E-state index in [-0.39, 0.29) is 49.4 Å². The molecule has 6 rings (SSSR count). The van der Waals surface area contributed by atoms with Gasteiger partial charge in [0.1, 0.15) is 5.75 Å². The Bertz CT molecular complexity index is 1450. The first kappa shape index (κ1) is 34.4. The third-order valence-electron chi connectivity index (χ3n) is 10.5. The van der Waals surface area contributed by atoms with Crippen molar-refractivity contribution < 1.29 is 37.3 Å². The fourth-order valence-corrected chi connectivity index (χ4v) is 8.46. The average Bonchev–Trinajstić information content (AvgIpc) is 3.46. The predicted molar refractivity (Wildman–Crippen MR) is 172 cm³/mol. The summed E-state index contributed by atoms with van der Waals surface area (Å²) in [6, 6.07) is 5.58. The normalized spacial score (nSPS) is 24.3. The molecule has 3 fully saturated rings. The molecule has 4 aliphatic rings. The number of anilines is 2. The Morgan fingerprint density at radius 3 is 2.46 bits per heavy atom. The number of amides is 1. The monoisotopic (exact) mass is 673 g/mol. The lowest BCUT2D eigenvalue weighted by Gasteiger charge is -2.42. The third-order valence-corrected chi connectivity index (χ3v) is 10.5. The van der Waals surface area contributed by atoms with Crippen molar-refractivity contribution >= 4 is 23.5 Å². The molecule has 1 aromatic carbocycles. The summed E-state index contributed by atoms with van der Waals surface area (Å²) in [4.78, 5) is 34.9. The number of aromatic nitrogens is 2. The van der Waals surface area contributed by atoms with Gasteiger partial charge in [-0.1, -0.05) is 0 Å². The van der Waals surface area contributed by atoms with E-state index in [9.17, 15) is 27.9 Å². The van der Waals surface area contributed by atoms with Crippen LogP contribution in [-0.2, 0) is 28.5 Å². The van der Waals surface area contributed by atoms with Crippen molar-refractivity contribution in [2.24, 2.45) is 35.3 Å². The van der Waals surface area contributed by atoms with Gasteiger partial charge in [-0.25, -0.2) is 9.97 Å². The summed E-state index contributed by atoms with van der Waals surface area (Å²) in [5, 5.41) is 12.0. The standard InChI is InChI=1S/C35H46F3N5O5/c36-35(37,38)32-31(33(46)40-20-25-16-22-13-23(17-25)15-24(14-22)18-30(44)45)28(3-8-39)41-34(42-32)43-9-4-26-19-27(1-2-29(26)43)48-12-7-21-5-10-47-11-6-21/h1-2,19,21-25H,3-18,20,39H2,(H,40,46)(H,44,45). The molecule has 262 valence electrons. The van der Waals surface area contributed by atoms with Gasteiger partial charge >= 0.3 is 12.1 Å². The Morgan fingerprint density at radius 1 is 1.04 bits per heavy atom. The SMILES string of the molecule is NCCc1nc(N2CCc3cc(OCCC4CCOCC4)ccc32)nc(C(F)(F)F)c1C(=O)NCC1CC2CC(CC(=O)O)CC(C1)C2. The van der Waals surface area contributed by atoms with Crippen molar-refractivity contribution in [2.75, 3.05) is 44.4 Å². The van der Waals surface area contributed by atoms with Crippen LogP contribution >= 0.6 is 0 Å². The van der Waals surface area contributed by atoms with Crippen LogP contribution in [0.3, 0.4) is 0 Å². The van der Waals surface area contributed by atoms with Crippen LogP contribution < -0.4 is 20.7 Å². The van der Waals surface area contributed by atoms with Crippen LogP contribution in [0, 0.1) is 29.6 Å². The third kappa shape index (κ3) is 8.22. The number of carbonyl (C=O) groups excluding carboxylic acids is 1. The van der Waals surface area contributed by atoms with Gasteiger partial charge in [-0.2, -0.15) is 13.2 Å². The van der Waals surface area contributed by atoms with Gasteiger partial charge < -0.3 is 30.5 Å². The maximum absolute atomic E-state index is 14.6. The van der Waals surface area contributed by atoms with Crippen molar-refractivity contribution in [3.05, 3.63) is 40.7 Å². The second-order valence-corrected chi connectivity index (χ2v) is 14.1. The number of rotatable bonds is 12. The first-order chi connectivity index (χ1) is 23.1. The molecule has 3 heterocycles. The van der Waals surface area contributed by atoms with Crippen LogP contribution in [0.5, 0.6) is 5.75 Å². The number of carboxylic acids is 1. The smallest absolute Gasteiger partial charge is 0.434 e. The lowest BCUT2D eigenvalue weighted by atomic mass is 9.64. The van der Waals surface area contributed by atoms with Crippen molar-refractivity contribution in [3.8, 4) is 5.75 Å². The zero-order valence-corrected chi connectivity index (χ0v) is 27.3. The summed E-state index contributed by atoms with van der Waals surface area (Å²) in [5.74, 6) is 0.590. The molecular formula is C35H46F3N5O5. The van der Waals surface area contributed by atoms with E-state index in [0.717, 1.165) is 75.9 Å². The van der Waals surface area contributed by atoms with E-state index in [1.54, 1.807) is 4.90 Å². The zero-order chi connectivity index (χ0) is 33.8. The highest BCUT2D eigenvalue weighted by atomic mass is 19.4. The minimum absolute atomic E-state index is 0.0134. The van der Waals surface area contributed by atoms with Gasteiger partial charge in [0, 0.05) is 44.8 Å². The number of alkyl halides is 3. The number of nitrogens with two attached hydrogens (primary N) is 1. The summed E-state index contributed by atoms with van der Waals surface area (Å²) >= 11 is 0. The van der Waals surface area contributed by atoms with Gasteiger partial charge in [0.25, 0.3) is 5.91 Å². The quantitative estimate of drug-likeness (QED) is 0.265. The summed E-state index contributed by atoms with van der Waals surface area (Å²) in [6.07, 6.45) is 3.24. The molecule has 1 amide bonds. The number of ether oxygens (including phenoxy) is 2. The highest BCUT2D eigenvalue weighted by Gasteiger charge is 2.42. The molecule has 10 nitrogen and oxygen atoms in total. The molecule has 2 atom stereocenters. The Kier molecular flexibility index (Phi) is 10.7. The molecule has 2 aliphatic carbocycles. The molecule has 13 heteroatoms. The van der Waals surface area contributed by atoms with Crippen LogP contribution in [0.2, 0.25) is 0 Å². The number of benzene rings is 1. The van der Waals surface area contributed by atoms with Gasteiger partial charge in [-0.15, -0.1) is 0 Å². The highest BCUT2D eigenvalue weighted by Crippen LogP contribution is 2.46. The second-order valence-electron chi connectivity index (χ2n) is 14.1. The number of fused-ring (bicyclic) bond motifs is 3. The molecule has 2 saturated carbocycles. The van der Waals surface area contributed by atoms with Gasteiger partial charge in [-0.3, -0.25) is 9.59 Å². The van der Waals surface area contributed by atoms with Gasteiger partial charge in [0.15, 0.2) is 5.69 Å². The molecule has 2 aromatic rings. The topological polar surface area (TPSA) is 140 Å². The number of aliphatic carboxylic acids is 1. The molecule has 2 unspecified atom stereocenters. The molecule has 48 heavy (non-hydrogen) atoms. The number of nitrogens with one attached hydrogen (secondary N) is 1. The molecule has 2 bridgehead atoms. The number of nitrogens with zero attached hydrogens (tertiary/aromatic N) is 3. The predicted octanol–water partition coefficient (Wildman–Crippen LogP) is 5.53. The summed E-state index contributed by atoms with van der Waals surface area (Å²) in [7, 11) is 0. The van der Waals surface area contributed by atoms with E-state index >= 15 is 0 Å². The van der Waals surface area contributed by atoms with Crippen LogP contribution in [0.15, 0.2) is 18.2 Å². The number of hydrogen-bond acceptors (Lipinski definition) is 8. The molecule has 4 N–H and O–H groups in total. The van der Waals surface area contributed by atoms with E-state index in [1.807, 2.05) is 18.2 Å². The van der Waals surface area contributed by atoms with Crippen molar-refractivity contribution in [3.63, 3.8) is 0 Å². The highest BCUT2D eigenvalue weighted by molar-refractivity contribution is 5.96. The van der Waals surface area contributed by atoms with Crippen LogP contribution in [0.25, 0.3) is 0 Å². The van der Waals surface area contributed by atoms with Gasteiger partial charge in [-0.05, 0) is 118 Å². The molecular weight excluding hydrogens is 627 g/mol. The van der Waals surface area contributed by atoms with Gasteiger partial charge in [0.2, 0.25) is 5.95 Å². The zero-order valence-electron chi connectivity index (χ0n) is 27.3. The van der Waals surface area contributed by atoms with Crippen molar-refractivity contribution in [2.45, 2.75) is 76.8 Å². The number of carbonyl (C=O) groups is 2. The average molecular weight is 674 g/mol. The lowest BCUT2D eigenvalue weighted by Crippen LogP contribution is -2.38. The van der Waals surface area contributed by atoms with E-state index in [4.69, 9.17) is 15.2 Å². The first-order valence-electron chi connectivity index (χ1n) is 17.4. The Morgan fingerprint density at radius 2 is 1.77 bits per heavy atom. The maximum Gasteiger partial charge on any atom is 0.434 e. The van der Waals surface area contributed by atoms with Gasteiger partial charge in [0.05, 0.1) is 17.9 Å². The summed E-state index contributed by atoms with van der Waals surface area (Å²) < 4.78 is 55.2. The molecule has 0 radical (unpaired) electrons. The number of carboxylic acid groups (broad SMARTS) is 1. The van der Waals surface area contributed by atoms with Crippen molar-refractivity contribution in [1.82, 2.24) is 15.3 Å². The Balaban J connectivity index is 1.15. The Labute approximate surface area is 279 Å². The minimum Gasteiger partial charge on any atom is -0.494 e. The molecule has 1 aromatic heterocycles. The van der Waals surface area contributed by atoms with Crippen molar-refractivity contribution in [1.29, 1.82) is 0 Å².